The van der Waals surface area contributed by atoms with Crippen LogP contribution in [0.25, 0.3) is 0 Å². The number of carbonyl (C=O) groups is 1. The fourth-order valence-electron chi connectivity index (χ4n) is 1.52. The SMILES string of the molecule is CC(C)c1nc(CCNC(=O)[C@@H](N)C(C)(C)C)cs1. The van der Waals surface area contributed by atoms with E-state index in [0.29, 0.717) is 12.5 Å². The van der Waals surface area contributed by atoms with E-state index in [1.807, 2.05) is 20.8 Å². The smallest absolute Gasteiger partial charge is 0.237 e. The number of hydrogen-bond donors (Lipinski definition) is 2. The summed E-state index contributed by atoms with van der Waals surface area (Å²) in [6, 6.07) is -0.478. The summed E-state index contributed by atoms with van der Waals surface area (Å²) >= 11 is 1.68. The third-order valence-corrected chi connectivity index (χ3v) is 4.15. The molecule has 1 rings (SSSR count). The molecule has 0 aromatic carbocycles. The molecule has 1 amide bonds. The van der Waals surface area contributed by atoms with Gasteiger partial charge in [-0.3, -0.25) is 4.79 Å². The van der Waals surface area contributed by atoms with E-state index in [9.17, 15) is 4.79 Å². The molecule has 0 saturated heterocycles. The standard InChI is InChI=1S/C14H25N3OS/c1-9(2)13-17-10(8-19-13)6-7-16-12(18)11(15)14(3,4)5/h8-9,11H,6-7,15H2,1-5H3,(H,16,18)/t11-/m1/s1. The number of hydrogen-bond acceptors (Lipinski definition) is 4. The van der Waals surface area contributed by atoms with Crippen LogP contribution in [0.15, 0.2) is 5.38 Å². The summed E-state index contributed by atoms with van der Waals surface area (Å²) in [5, 5.41) is 6.08. The zero-order chi connectivity index (χ0) is 14.6. The Balaban J connectivity index is 2.39. The third-order valence-electron chi connectivity index (χ3n) is 2.96. The average Bonchev–Trinajstić information content (AvgIpc) is 2.75. The van der Waals surface area contributed by atoms with Crippen LogP contribution in [0.4, 0.5) is 0 Å². The predicted octanol–water partition coefficient (Wildman–Crippen LogP) is 2.30. The van der Waals surface area contributed by atoms with E-state index in [-0.39, 0.29) is 11.3 Å². The lowest BCUT2D eigenvalue weighted by atomic mass is 9.87. The summed E-state index contributed by atoms with van der Waals surface area (Å²) in [6.45, 7) is 10.7. The van der Waals surface area contributed by atoms with Crippen molar-refractivity contribution in [2.45, 2.75) is 53.0 Å². The van der Waals surface area contributed by atoms with E-state index >= 15 is 0 Å². The number of carbonyl (C=O) groups excluding carboxylic acids is 1. The second-order valence-corrected chi connectivity index (χ2v) is 7.11. The van der Waals surface area contributed by atoms with Crippen molar-refractivity contribution in [3.05, 3.63) is 16.1 Å². The quantitative estimate of drug-likeness (QED) is 0.871. The highest BCUT2D eigenvalue weighted by molar-refractivity contribution is 7.09. The number of thiazole rings is 1. The molecule has 0 unspecified atom stereocenters. The van der Waals surface area contributed by atoms with Crippen LogP contribution in [0, 0.1) is 5.41 Å². The van der Waals surface area contributed by atoms with Gasteiger partial charge in [-0.1, -0.05) is 34.6 Å². The van der Waals surface area contributed by atoms with E-state index in [1.54, 1.807) is 11.3 Å². The van der Waals surface area contributed by atoms with Gasteiger partial charge in [0.25, 0.3) is 0 Å². The molecular formula is C14H25N3OS. The van der Waals surface area contributed by atoms with Gasteiger partial charge < -0.3 is 11.1 Å². The minimum absolute atomic E-state index is 0.0909. The van der Waals surface area contributed by atoms with Crippen molar-refractivity contribution >= 4 is 17.2 Å². The first-order chi connectivity index (χ1) is 8.71. The Morgan fingerprint density at radius 3 is 2.58 bits per heavy atom. The van der Waals surface area contributed by atoms with Gasteiger partial charge in [-0.2, -0.15) is 0 Å². The first-order valence-electron chi connectivity index (χ1n) is 6.69. The molecule has 0 spiro atoms. The van der Waals surface area contributed by atoms with Gasteiger partial charge >= 0.3 is 0 Å². The zero-order valence-electron chi connectivity index (χ0n) is 12.5. The monoisotopic (exact) mass is 283 g/mol. The predicted molar refractivity (Wildman–Crippen MR) is 80.3 cm³/mol. The van der Waals surface area contributed by atoms with E-state index in [1.165, 1.54) is 0 Å². The van der Waals surface area contributed by atoms with Gasteiger partial charge in [-0.05, 0) is 5.41 Å². The molecule has 108 valence electrons. The number of rotatable bonds is 5. The number of nitrogens with one attached hydrogen (secondary N) is 1. The molecule has 0 aliphatic carbocycles. The number of nitrogens with zero attached hydrogens (tertiary/aromatic N) is 1. The molecule has 0 saturated carbocycles. The Labute approximate surface area is 119 Å². The molecule has 4 nitrogen and oxygen atoms in total. The molecule has 0 fully saturated rings. The fourth-order valence-corrected chi connectivity index (χ4v) is 2.39. The zero-order valence-corrected chi connectivity index (χ0v) is 13.3. The molecule has 0 radical (unpaired) electrons. The van der Waals surface area contributed by atoms with E-state index < -0.39 is 6.04 Å². The molecule has 1 aromatic rings. The molecule has 1 heterocycles. The first kappa shape index (κ1) is 16.1. The Bertz CT molecular complexity index is 421. The van der Waals surface area contributed by atoms with Crippen LogP contribution < -0.4 is 11.1 Å². The largest absolute Gasteiger partial charge is 0.354 e. The van der Waals surface area contributed by atoms with E-state index in [2.05, 4.69) is 29.5 Å². The molecular weight excluding hydrogens is 258 g/mol. The molecule has 0 aliphatic heterocycles. The van der Waals surface area contributed by atoms with Crippen molar-refractivity contribution in [2.75, 3.05) is 6.54 Å². The van der Waals surface area contributed by atoms with Crippen LogP contribution in [0.3, 0.4) is 0 Å². The number of aromatic nitrogens is 1. The molecule has 1 aromatic heterocycles. The van der Waals surface area contributed by atoms with Gasteiger partial charge in [0.2, 0.25) is 5.91 Å². The maximum atomic E-state index is 11.8. The van der Waals surface area contributed by atoms with Crippen LogP contribution >= 0.6 is 11.3 Å². The molecule has 3 N–H and O–H groups in total. The summed E-state index contributed by atoms with van der Waals surface area (Å²) in [6.07, 6.45) is 0.756. The van der Waals surface area contributed by atoms with E-state index in [4.69, 9.17) is 5.73 Å². The van der Waals surface area contributed by atoms with Crippen molar-refractivity contribution < 1.29 is 4.79 Å². The van der Waals surface area contributed by atoms with Crippen LogP contribution in [0.1, 0.15) is 51.2 Å². The van der Waals surface area contributed by atoms with Gasteiger partial charge in [-0.25, -0.2) is 4.98 Å². The Morgan fingerprint density at radius 2 is 2.11 bits per heavy atom. The van der Waals surface area contributed by atoms with Crippen molar-refractivity contribution in [3.63, 3.8) is 0 Å². The second kappa shape index (κ2) is 6.48. The van der Waals surface area contributed by atoms with Gasteiger partial charge in [0.15, 0.2) is 0 Å². The molecule has 5 heteroatoms. The third kappa shape index (κ3) is 4.91. The molecule has 1 atom stereocenters. The van der Waals surface area contributed by atoms with Crippen molar-refractivity contribution in [1.29, 1.82) is 0 Å². The van der Waals surface area contributed by atoms with Gasteiger partial charge in [-0.15, -0.1) is 11.3 Å². The summed E-state index contributed by atoms with van der Waals surface area (Å²) < 4.78 is 0. The highest BCUT2D eigenvalue weighted by atomic mass is 32.1. The number of nitrogens with two attached hydrogens (primary N) is 1. The summed E-state index contributed by atoms with van der Waals surface area (Å²) in [4.78, 5) is 16.4. The van der Waals surface area contributed by atoms with Crippen LogP contribution in [0.2, 0.25) is 0 Å². The molecule has 0 aliphatic rings. The minimum Gasteiger partial charge on any atom is -0.354 e. The average molecular weight is 283 g/mol. The highest BCUT2D eigenvalue weighted by Gasteiger charge is 2.26. The molecule has 0 bridgehead atoms. The summed E-state index contributed by atoms with van der Waals surface area (Å²) in [5.74, 6) is 0.370. The summed E-state index contributed by atoms with van der Waals surface area (Å²) in [7, 11) is 0. The molecule has 19 heavy (non-hydrogen) atoms. The van der Waals surface area contributed by atoms with Crippen molar-refractivity contribution in [1.82, 2.24) is 10.3 Å². The summed E-state index contributed by atoms with van der Waals surface area (Å²) in [5.41, 5.74) is 6.72. The van der Waals surface area contributed by atoms with Crippen molar-refractivity contribution in [2.24, 2.45) is 11.1 Å². The maximum absolute atomic E-state index is 11.8. The Morgan fingerprint density at radius 1 is 1.47 bits per heavy atom. The van der Waals surface area contributed by atoms with Gasteiger partial charge in [0.05, 0.1) is 16.7 Å². The van der Waals surface area contributed by atoms with Crippen LogP contribution in [-0.4, -0.2) is 23.5 Å². The fraction of sp³-hybridized carbons (Fsp3) is 0.714. The minimum atomic E-state index is -0.478. The lowest BCUT2D eigenvalue weighted by Crippen LogP contribution is -2.49. The number of amides is 1. The van der Waals surface area contributed by atoms with Crippen molar-refractivity contribution in [3.8, 4) is 0 Å². The van der Waals surface area contributed by atoms with Crippen LogP contribution in [0.5, 0.6) is 0 Å². The highest BCUT2D eigenvalue weighted by Crippen LogP contribution is 2.19. The lowest BCUT2D eigenvalue weighted by Gasteiger charge is -2.25. The van der Waals surface area contributed by atoms with Gasteiger partial charge in [0.1, 0.15) is 0 Å². The first-order valence-corrected chi connectivity index (χ1v) is 7.57. The second-order valence-electron chi connectivity index (χ2n) is 6.22. The Kier molecular flexibility index (Phi) is 5.50. The topological polar surface area (TPSA) is 68.0 Å². The lowest BCUT2D eigenvalue weighted by molar-refractivity contribution is -0.124. The Hall–Kier alpha value is -0.940. The normalized spacial score (nSPS) is 13.6. The maximum Gasteiger partial charge on any atom is 0.237 e. The van der Waals surface area contributed by atoms with E-state index in [0.717, 1.165) is 17.1 Å². The van der Waals surface area contributed by atoms with Crippen LogP contribution in [-0.2, 0) is 11.2 Å². The van der Waals surface area contributed by atoms with Gasteiger partial charge in [0, 0.05) is 24.3 Å².